The number of nitrogen functional groups attached to an aromatic ring is 1. The van der Waals surface area contributed by atoms with Gasteiger partial charge in [-0.25, -0.2) is 0 Å². The molecule has 0 saturated heterocycles. The average Bonchev–Trinajstić information content (AvgIpc) is 3.00. The number of anilines is 1. The van der Waals surface area contributed by atoms with Crippen molar-refractivity contribution in [3.8, 4) is 33.8 Å². The van der Waals surface area contributed by atoms with Gasteiger partial charge >= 0.3 is 27.7 Å². The first-order chi connectivity index (χ1) is 20.4. The van der Waals surface area contributed by atoms with Gasteiger partial charge in [0.2, 0.25) is 0 Å². The van der Waals surface area contributed by atoms with Crippen molar-refractivity contribution < 1.29 is 27.7 Å². The van der Waals surface area contributed by atoms with Gasteiger partial charge in [-0.15, -0.1) is 35.9 Å². The molecule has 1 fully saturated rings. The van der Waals surface area contributed by atoms with E-state index in [1.807, 2.05) is 54.6 Å². The maximum absolute atomic E-state index is 6.19. The van der Waals surface area contributed by atoms with Crippen molar-refractivity contribution in [1.29, 1.82) is 0 Å². The summed E-state index contributed by atoms with van der Waals surface area (Å²) in [6.07, 6.45) is 7.17. The predicted octanol–water partition coefficient (Wildman–Crippen LogP) is 9.99. The fourth-order valence-electron chi connectivity index (χ4n) is 5.08. The fourth-order valence-corrected chi connectivity index (χ4v) is 6.77. The average molecular weight is 695 g/mol. The molecule has 1 saturated carbocycles. The molecule has 0 radical (unpaired) electrons. The number of para-hydroxylation sites is 1. The van der Waals surface area contributed by atoms with Gasteiger partial charge in [0, 0.05) is 0 Å². The summed E-state index contributed by atoms with van der Waals surface area (Å²) >= 11 is 2.22. The van der Waals surface area contributed by atoms with Gasteiger partial charge in [0.25, 0.3) is 0 Å². The SMILES string of the molecule is CC(C)Oc1cccc(OC(C)C)c1-c1ccccc1PC1CCCCC1.Nc1ccccc1-c1[c-]cccc1.[Cl][Pd+]. The second kappa shape index (κ2) is 18.4. The van der Waals surface area contributed by atoms with Gasteiger partial charge in [-0.1, -0.05) is 81.9 Å². The standard InChI is InChI=1S/C24H33O2P.C12H10N.ClH.Pd/c1-17(2)25-21-14-10-15-22(26-18(3)4)24(21)20-13-8-9-16-23(20)27-19-11-6-5-7-12-19;13-12-9-5-4-8-11(12)10-6-2-1-3-7-10;;/h8-10,13-19,27H,5-7,11-12H2,1-4H3;1-6,8-9H,13H2;1H;/q;-1;;+2/p-1. The Labute approximate surface area is 269 Å². The topological polar surface area (TPSA) is 44.5 Å². The van der Waals surface area contributed by atoms with Crippen molar-refractivity contribution in [1.82, 2.24) is 0 Å². The van der Waals surface area contributed by atoms with E-state index < -0.39 is 0 Å². The van der Waals surface area contributed by atoms with E-state index in [4.69, 9.17) is 15.2 Å². The van der Waals surface area contributed by atoms with Crippen LogP contribution >= 0.6 is 18.1 Å². The predicted molar refractivity (Wildman–Crippen MR) is 179 cm³/mol. The van der Waals surface area contributed by atoms with Crippen LogP contribution in [0.3, 0.4) is 0 Å². The van der Waals surface area contributed by atoms with Crippen molar-refractivity contribution in [3.63, 3.8) is 0 Å². The van der Waals surface area contributed by atoms with Crippen LogP contribution in [0.2, 0.25) is 0 Å². The second-order valence-corrected chi connectivity index (χ2v) is 12.5. The summed E-state index contributed by atoms with van der Waals surface area (Å²) in [7, 11) is 5.34. The number of halogens is 1. The minimum absolute atomic E-state index is 0.131. The van der Waals surface area contributed by atoms with E-state index >= 15 is 0 Å². The van der Waals surface area contributed by atoms with Gasteiger partial charge in [0.05, 0.1) is 17.8 Å². The van der Waals surface area contributed by atoms with Crippen LogP contribution in [0.15, 0.2) is 91.0 Å². The van der Waals surface area contributed by atoms with Crippen molar-refractivity contribution in [2.45, 2.75) is 77.7 Å². The number of hydrogen-bond donors (Lipinski definition) is 1. The number of nitrogens with two attached hydrogens (primary N) is 1. The van der Waals surface area contributed by atoms with E-state index in [0.29, 0.717) is 0 Å². The Morgan fingerprint density at radius 3 is 1.88 bits per heavy atom. The van der Waals surface area contributed by atoms with Crippen LogP contribution in [0, 0.1) is 6.07 Å². The molecule has 3 nitrogen and oxygen atoms in total. The molecule has 0 bridgehead atoms. The van der Waals surface area contributed by atoms with E-state index in [1.54, 1.807) is 0 Å². The van der Waals surface area contributed by atoms with Crippen molar-refractivity contribution >= 4 is 29.1 Å². The Kier molecular flexibility index (Phi) is 14.9. The zero-order valence-corrected chi connectivity index (χ0v) is 28.3. The van der Waals surface area contributed by atoms with Gasteiger partial charge < -0.3 is 15.2 Å². The van der Waals surface area contributed by atoms with Crippen LogP contribution in [-0.2, 0) is 18.2 Å². The van der Waals surface area contributed by atoms with Gasteiger partial charge in [-0.3, -0.25) is 0 Å². The fraction of sp³-hybridized carbons (Fsp3) is 0.333. The summed E-state index contributed by atoms with van der Waals surface area (Å²) in [5, 5.41) is 1.44. The summed E-state index contributed by atoms with van der Waals surface area (Å²) < 4.78 is 12.4. The van der Waals surface area contributed by atoms with E-state index in [9.17, 15) is 0 Å². The number of hydrogen-bond acceptors (Lipinski definition) is 3. The Morgan fingerprint density at radius 1 is 0.738 bits per heavy atom. The van der Waals surface area contributed by atoms with Gasteiger partial charge in [-0.2, -0.15) is 0 Å². The summed E-state index contributed by atoms with van der Waals surface area (Å²) in [5.41, 5.74) is 11.9. The van der Waals surface area contributed by atoms with E-state index in [-0.39, 0.29) is 12.2 Å². The molecule has 0 aromatic heterocycles. The third-order valence-corrected chi connectivity index (χ3v) is 8.57. The molecule has 0 heterocycles. The zero-order chi connectivity index (χ0) is 30.3. The van der Waals surface area contributed by atoms with E-state index in [1.165, 1.54) is 43.0 Å². The molecule has 0 aliphatic heterocycles. The molecular weight excluding hydrogens is 651 g/mol. The molecule has 226 valence electrons. The first kappa shape index (κ1) is 34.2. The molecule has 2 N–H and O–H groups in total. The first-order valence-corrected chi connectivity index (χ1v) is 17.8. The molecule has 42 heavy (non-hydrogen) atoms. The molecule has 6 heteroatoms. The molecule has 4 aromatic rings. The van der Waals surface area contributed by atoms with Crippen LogP contribution in [0.5, 0.6) is 11.5 Å². The quantitative estimate of drug-likeness (QED) is 0.0865. The Bertz CT molecular complexity index is 1320. The van der Waals surface area contributed by atoms with Crippen LogP contribution in [0.25, 0.3) is 22.3 Å². The normalized spacial score (nSPS) is 13.4. The third-order valence-electron chi connectivity index (χ3n) is 6.83. The summed E-state index contributed by atoms with van der Waals surface area (Å²) in [5.74, 6) is 1.84. The monoisotopic (exact) mass is 693 g/mol. The molecule has 0 amide bonds. The second-order valence-electron chi connectivity index (χ2n) is 10.9. The zero-order valence-electron chi connectivity index (χ0n) is 25.0. The Morgan fingerprint density at radius 2 is 1.31 bits per heavy atom. The van der Waals surface area contributed by atoms with Gasteiger partial charge in [0.15, 0.2) is 0 Å². The van der Waals surface area contributed by atoms with Crippen LogP contribution in [-0.4, -0.2) is 17.9 Å². The molecule has 0 spiro atoms. The van der Waals surface area contributed by atoms with Gasteiger partial charge in [0.1, 0.15) is 11.5 Å². The minimum atomic E-state index is 0.131. The van der Waals surface area contributed by atoms with E-state index in [0.717, 1.165) is 48.1 Å². The van der Waals surface area contributed by atoms with Crippen molar-refractivity contribution in [2.24, 2.45) is 0 Å². The van der Waals surface area contributed by atoms with Crippen LogP contribution in [0.4, 0.5) is 5.69 Å². The molecule has 1 unspecified atom stereocenters. The number of benzene rings is 4. The molecule has 1 aliphatic rings. The molecule has 4 aromatic carbocycles. The Balaban J connectivity index is 0.000000269. The summed E-state index contributed by atoms with van der Waals surface area (Å²) in [6, 6.07) is 33.8. The first-order valence-electron chi connectivity index (χ1n) is 14.7. The van der Waals surface area contributed by atoms with Crippen molar-refractivity contribution in [3.05, 3.63) is 97.1 Å². The summed E-state index contributed by atoms with van der Waals surface area (Å²) in [4.78, 5) is 0. The van der Waals surface area contributed by atoms with Crippen molar-refractivity contribution in [2.75, 3.05) is 5.73 Å². The number of ether oxygens (including phenoxy) is 2. The van der Waals surface area contributed by atoms with Crippen LogP contribution in [0.1, 0.15) is 59.8 Å². The van der Waals surface area contributed by atoms with Gasteiger partial charge in [-0.05, 0) is 81.0 Å². The Hall–Kier alpha value is -2.34. The van der Waals surface area contributed by atoms with E-state index in [2.05, 4.69) is 97.9 Å². The molecule has 1 atom stereocenters. The third kappa shape index (κ3) is 10.4. The summed E-state index contributed by atoms with van der Waals surface area (Å²) in [6.45, 7) is 8.32. The number of rotatable bonds is 8. The molecular formula is C36H43ClNO2PPd. The maximum atomic E-state index is 6.19. The van der Waals surface area contributed by atoms with Crippen LogP contribution < -0.4 is 20.5 Å². The molecule has 1 aliphatic carbocycles. The molecule has 5 rings (SSSR count).